The lowest BCUT2D eigenvalue weighted by Crippen LogP contribution is -2.55. The SMILES string of the molecule is CN1[C@@H](C(=O)Nc2ccc(F)cc2)C[C@@H](c2cccs2)NS1(=O)=O. The molecule has 0 saturated carbocycles. The van der Waals surface area contributed by atoms with Crippen LogP contribution < -0.4 is 10.0 Å². The molecule has 24 heavy (non-hydrogen) atoms. The number of nitrogens with one attached hydrogen (secondary N) is 2. The van der Waals surface area contributed by atoms with Gasteiger partial charge in [-0.05, 0) is 42.1 Å². The fraction of sp³-hybridized carbons (Fsp3) is 0.267. The molecule has 0 bridgehead atoms. The first kappa shape index (κ1) is 17.0. The maximum atomic E-state index is 12.9. The minimum atomic E-state index is -3.76. The minimum Gasteiger partial charge on any atom is -0.325 e. The second-order valence-electron chi connectivity index (χ2n) is 5.45. The number of carbonyl (C=O) groups excluding carboxylic acids is 1. The van der Waals surface area contributed by atoms with Crippen molar-refractivity contribution in [1.82, 2.24) is 9.03 Å². The number of rotatable bonds is 3. The van der Waals surface area contributed by atoms with Gasteiger partial charge in [-0.15, -0.1) is 11.3 Å². The van der Waals surface area contributed by atoms with Gasteiger partial charge in [-0.3, -0.25) is 4.79 Å². The number of anilines is 1. The van der Waals surface area contributed by atoms with Gasteiger partial charge in [-0.1, -0.05) is 6.07 Å². The summed E-state index contributed by atoms with van der Waals surface area (Å²) in [5, 5.41) is 4.49. The van der Waals surface area contributed by atoms with Crippen molar-refractivity contribution in [3.8, 4) is 0 Å². The maximum Gasteiger partial charge on any atom is 0.280 e. The van der Waals surface area contributed by atoms with E-state index in [1.54, 1.807) is 0 Å². The highest BCUT2D eigenvalue weighted by molar-refractivity contribution is 7.87. The van der Waals surface area contributed by atoms with E-state index in [2.05, 4.69) is 10.0 Å². The molecule has 0 aliphatic carbocycles. The second-order valence-corrected chi connectivity index (χ2v) is 8.20. The zero-order chi connectivity index (χ0) is 17.3. The summed E-state index contributed by atoms with van der Waals surface area (Å²) >= 11 is 1.43. The quantitative estimate of drug-likeness (QED) is 0.870. The van der Waals surface area contributed by atoms with Crippen LogP contribution in [0.5, 0.6) is 0 Å². The van der Waals surface area contributed by atoms with E-state index in [0.717, 1.165) is 9.18 Å². The standard InChI is InChI=1S/C15H16FN3O3S2/c1-19-13(15(20)17-11-6-4-10(16)5-7-11)9-12(18-24(19,21)22)14-3-2-8-23-14/h2-8,12-13,18H,9H2,1H3,(H,17,20)/t12-,13+/m0/s1. The summed E-state index contributed by atoms with van der Waals surface area (Å²) in [5.74, 6) is -0.858. The molecular weight excluding hydrogens is 353 g/mol. The highest BCUT2D eigenvalue weighted by Gasteiger charge is 2.40. The molecule has 0 radical (unpaired) electrons. The van der Waals surface area contributed by atoms with Gasteiger partial charge in [0.25, 0.3) is 10.2 Å². The predicted molar refractivity (Wildman–Crippen MR) is 90.3 cm³/mol. The first-order valence-corrected chi connectivity index (χ1v) is 9.54. The van der Waals surface area contributed by atoms with Crippen LogP contribution in [0.15, 0.2) is 41.8 Å². The maximum absolute atomic E-state index is 12.9. The van der Waals surface area contributed by atoms with Crippen molar-refractivity contribution in [2.45, 2.75) is 18.5 Å². The van der Waals surface area contributed by atoms with Gasteiger partial charge in [0.1, 0.15) is 11.9 Å². The normalized spacial score (nSPS) is 23.8. The lowest BCUT2D eigenvalue weighted by atomic mass is 10.1. The lowest BCUT2D eigenvalue weighted by molar-refractivity contribution is -0.120. The van der Waals surface area contributed by atoms with Crippen molar-refractivity contribution in [2.24, 2.45) is 0 Å². The lowest BCUT2D eigenvalue weighted by Gasteiger charge is -2.35. The van der Waals surface area contributed by atoms with Crippen LogP contribution in [-0.4, -0.2) is 31.7 Å². The van der Waals surface area contributed by atoms with Crippen LogP contribution in [0.3, 0.4) is 0 Å². The van der Waals surface area contributed by atoms with E-state index in [0.29, 0.717) is 12.1 Å². The number of amides is 1. The van der Waals surface area contributed by atoms with E-state index in [1.807, 2.05) is 17.5 Å². The molecule has 1 aromatic carbocycles. The fourth-order valence-corrected chi connectivity index (χ4v) is 4.68. The van der Waals surface area contributed by atoms with Crippen LogP contribution in [0.25, 0.3) is 0 Å². The van der Waals surface area contributed by atoms with Crippen LogP contribution in [-0.2, 0) is 15.0 Å². The van der Waals surface area contributed by atoms with Crippen molar-refractivity contribution in [2.75, 3.05) is 12.4 Å². The highest BCUT2D eigenvalue weighted by Crippen LogP contribution is 2.30. The van der Waals surface area contributed by atoms with Gasteiger partial charge in [0.05, 0.1) is 6.04 Å². The Bertz CT molecular complexity index is 822. The first-order chi connectivity index (χ1) is 11.4. The summed E-state index contributed by atoms with van der Waals surface area (Å²) < 4.78 is 41.1. The average molecular weight is 369 g/mol. The highest BCUT2D eigenvalue weighted by atomic mass is 32.2. The molecule has 1 aliphatic heterocycles. The van der Waals surface area contributed by atoms with Gasteiger partial charge in [0.15, 0.2) is 0 Å². The van der Waals surface area contributed by atoms with Gasteiger partial charge >= 0.3 is 0 Å². The molecule has 1 aliphatic rings. The van der Waals surface area contributed by atoms with Crippen LogP contribution in [0.4, 0.5) is 10.1 Å². The van der Waals surface area contributed by atoms with Crippen molar-refractivity contribution in [1.29, 1.82) is 0 Å². The van der Waals surface area contributed by atoms with Crippen molar-refractivity contribution in [3.05, 3.63) is 52.5 Å². The summed E-state index contributed by atoms with van der Waals surface area (Å²) in [6.07, 6.45) is 0.309. The van der Waals surface area contributed by atoms with Crippen LogP contribution in [0.2, 0.25) is 0 Å². The van der Waals surface area contributed by atoms with Crippen molar-refractivity contribution >= 4 is 33.1 Å². The van der Waals surface area contributed by atoms with Gasteiger partial charge in [0.2, 0.25) is 5.91 Å². The van der Waals surface area contributed by atoms with Gasteiger partial charge in [0, 0.05) is 17.6 Å². The summed E-state index contributed by atoms with van der Waals surface area (Å²) in [5.41, 5.74) is 0.415. The molecule has 1 fully saturated rings. The number of halogens is 1. The molecule has 6 nitrogen and oxygen atoms in total. The summed E-state index contributed by atoms with van der Waals surface area (Å²) in [4.78, 5) is 13.4. The zero-order valence-electron chi connectivity index (χ0n) is 12.8. The molecule has 0 unspecified atom stereocenters. The molecule has 1 amide bonds. The molecule has 0 spiro atoms. The Morgan fingerprint density at radius 3 is 2.67 bits per heavy atom. The van der Waals surface area contributed by atoms with E-state index in [9.17, 15) is 17.6 Å². The number of hydrogen-bond donors (Lipinski definition) is 2. The number of benzene rings is 1. The number of thiophene rings is 1. The van der Waals surface area contributed by atoms with E-state index < -0.39 is 34.0 Å². The number of hydrogen-bond acceptors (Lipinski definition) is 4. The van der Waals surface area contributed by atoms with Crippen molar-refractivity contribution in [3.63, 3.8) is 0 Å². The fourth-order valence-electron chi connectivity index (χ4n) is 2.54. The molecule has 2 N–H and O–H groups in total. The Labute approximate surface area is 143 Å². The molecule has 2 aromatic rings. The van der Waals surface area contributed by atoms with E-state index in [4.69, 9.17) is 0 Å². The first-order valence-electron chi connectivity index (χ1n) is 7.22. The van der Waals surface area contributed by atoms with Gasteiger partial charge in [-0.25, -0.2) is 4.39 Å². The Morgan fingerprint density at radius 1 is 1.33 bits per heavy atom. The van der Waals surface area contributed by atoms with Gasteiger partial charge in [-0.2, -0.15) is 17.4 Å². The van der Waals surface area contributed by atoms with Crippen LogP contribution >= 0.6 is 11.3 Å². The summed E-state index contributed by atoms with van der Waals surface area (Å²) in [7, 11) is -2.40. The second kappa shape index (κ2) is 6.60. The molecule has 2 atom stereocenters. The number of likely N-dealkylation sites (N-methyl/N-ethyl adjacent to an activating group) is 1. The van der Waals surface area contributed by atoms with E-state index in [-0.39, 0.29) is 0 Å². The molecule has 1 aromatic heterocycles. The third-order valence-corrected chi connectivity index (χ3v) is 6.45. The average Bonchev–Trinajstić information content (AvgIpc) is 3.06. The summed E-state index contributed by atoms with van der Waals surface area (Å²) in [6, 6.07) is 7.68. The molecule has 1 saturated heterocycles. The monoisotopic (exact) mass is 369 g/mol. The molecule has 128 valence electrons. The minimum absolute atomic E-state index is 0.309. The predicted octanol–water partition coefficient (Wildman–Crippen LogP) is 2.11. The van der Waals surface area contributed by atoms with E-state index in [1.165, 1.54) is 42.6 Å². The van der Waals surface area contributed by atoms with Crippen LogP contribution in [0, 0.1) is 5.82 Å². The molecule has 9 heteroatoms. The molecule has 3 rings (SSSR count). The Morgan fingerprint density at radius 2 is 2.04 bits per heavy atom. The van der Waals surface area contributed by atoms with E-state index >= 15 is 0 Å². The van der Waals surface area contributed by atoms with Crippen molar-refractivity contribution < 1.29 is 17.6 Å². The number of nitrogens with zero attached hydrogens (tertiary/aromatic N) is 1. The Kier molecular flexibility index (Phi) is 4.68. The number of carbonyl (C=O) groups is 1. The topological polar surface area (TPSA) is 78.5 Å². The van der Waals surface area contributed by atoms with Gasteiger partial charge < -0.3 is 5.32 Å². The Hall–Kier alpha value is -1.81. The smallest absolute Gasteiger partial charge is 0.280 e. The zero-order valence-corrected chi connectivity index (χ0v) is 14.4. The molecule has 2 heterocycles. The largest absolute Gasteiger partial charge is 0.325 e. The molecular formula is C15H16FN3O3S2. The summed E-state index contributed by atoms with van der Waals surface area (Å²) in [6.45, 7) is 0. The third-order valence-electron chi connectivity index (χ3n) is 3.87. The van der Waals surface area contributed by atoms with Crippen LogP contribution in [0.1, 0.15) is 17.3 Å². The Balaban J connectivity index is 1.81. The third kappa shape index (κ3) is 3.48.